The lowest BCUT2D eigenvalue weighted by molar-refractivity contribution is -0.130. The van der Waals surface area contributed by atoms with E-state index in [-0.39, 0.29) is 12.0 Å². The Morgan fingerprint density at radius 2 is 1.93 bits per heavy atom. The van der Waals surface area contributed by atoms with Gasteiger partial charge in [-0.05, 0) is 24.3 Å². The third-order valence-electron chi connectivity index (χ3n) is 5.14. The molecule has 5 nitrogen and oxygen atoms in total. The second-order valence-electron chi connectivity index (χ2n) is 6.95. The van der Waals surface area contributed by atoms with Gasteiger partial charge in [-0.15, -0.1) is 0 Å². The molecule has 2 aromatic carbocycles. The van der Waals surface area contributed by atoms with Crippen molar-refractivity contribution >= 4 is 16.9 Å². The molecule has 1 saturated heterocycles. The number of imidazole rings is 1. The zero-order valence-corrected chi connectivity index (χ0v) is 15.7. The van der Waals surface area contributed by atoms with Crippen LogP contribution >= 0.6 is 0 Å². The van der Waals surface area contributed by atoms with Crippen LogP contribution in [-0.2, 0) is 17.8 Å². The number of carbonyl (C=O) groups is 1. The molecule has 0 radical (unpaired) electrons. The van der Waals surface area contributed by atoms with Gasteiger partial charge < -0.3 is 14.2 Å². The molecule has 0 N–H and O–H groups in total. The van der Waals surface area contributed by atoms with Crippen LogP contribution < -0.4 is 4.74 Å². The molecule has 1 aromatic heterocycles. The van der Waals surface area contributed by atoms with Crippen LogP contribution in [0.25, 0.3) is 11.0 Å². The summed E-state index contributed by atoms with van der Waals surface area (Å²) in [5.41, 5.74) is 2.10. The number of hydrogen-bond donors (Lipinski definition) is 0. The van der Waals surface area contributed by atoms with E-state index >= 15 is 0 Å². The maximum atomic E-state index is 12.7. The molecule has 2 heterocycles. The van der Waals surface area contributed by atoms with Crippen LogP contribution in [0, 0.1) is 0 Å². The van der Waals surface area contributed by atoms with E-state index in [1.807, 2.05) is 53.4 Å². The Morgan fingerprint density at radius 1 is 1.15 bits per heavy atom. The molecule has 5 heteroatoms. The van der Waals surface area contributed by atoms with Crippen molar-refractivity contribution in [3.05, 3.63) is 60.4 Å². The predicted molar refractivity (Wildman–Crippen MR) is 106 cm³/mol. The first-order valence-electron chi connectivity index (χ1n) is 9.68. The third-order valence-corrected chi connectivity index (χ3v) is 5.14. The van der Waals surface area contributed by atoms with Crippen molar-refractivity contribution in [1.29, 1.82) is 0 Å². The van der Waals surface area contributed by atoms with E-state index in [9.17, 15) is 4.79 Å². The number of rotatable bonds is 6. The van der Waals surface area contributed by atoms with Gasteiger partial charge in [0.15, 0.2) is 0 Å². The molecule has 1 aliphatic heterocycles. The van der Waals surface area contributed by atoms with Gasteiger partial charge in [-0.3, -0.25) is 4.79 Å². The summed E-state index contributed by atoms with van der Waals surface area (Å²) in [6.45, 7) is 4.20. The Hall–Kier alpha value is -2.82. The molecule has 140 valence electrons. The van der Waals surface area contributed by atoms with E-state index in [2.05, 4.69) is 22.5 Å². The first-order valence-corrected chi connectivity index (χ1v) is 9.68. The number of hydrogen-bond acceptors (Lipinski definition) is 3. The first kappa shape index (κ1) is 17.6. The van der Waals surface area contributed by atoms with E-state index < -0.39 is 0 Å². The fourth-order valence-corrected chi connectivity index (χ4v) is 3.75. The zero-order chi connectivity index (χ0) is 18.6. The van der Waals surface area contributed by atoms with E-state index in [0.717, 1.165) is 42.0 Å². The minimum absolute atomic E-state index is 0.0802. The van der Waals surface area contributed by atoms with Crippen LogP contribution in [0.5, 0.6) is 5.75 Å². The van der Waals surface area contributed by atoms with E-state index in [0.29, 0.717) is 19.5 Å². The monoisotopic (exact) mass is 363 g/mol. The second kappa shape index (κ2) is 7.82. The molecule has 1 aliphatic rings. The fraction of sp³-hybridized carbons (Fsp3) is 0.364. The number of aromatic nitrogens is 2. The zero-order valence-electron chi connectivity index (χ0n) is 15.7. The van der Waals surface area contributed by atoms with Gasteiger partial charge >= 0.3 is 0 Å². The summed E-state index contributed by atoms with van der Waals surface area (Å²) in [5.74, 6) is 2.10. The summed E-state index contributed by atoms with van der Waals surface area (Å²) >= 11 is 0. The number of ether oxygens (including phenoxy) is 1. The highest BCUT2D eigenvalue weighted by molar-refractivity contribution is 5.78. The Labute approximate surface area is 159 Å². The molecule has 3 aromatic rings. The first-order chi connectivity index (χ1) is 13.2. The molecule has 27 heavy (non-hydrogen) atoms. The summed E-state index contributed by atoms with van der Waals surface area (Å²) in [7, 11) is 0. The molecule has 0 unspecified atom stereocenters. The third kappa shape index (κ3) is 3.82. The van der Waals surface area contributed by atoms with Gasteiger partial charge in [-0.25, -0.2) is 4.98 Å². The molecule has 0 spiro atoms. The number of nitrogens with zero attached hydrogens (tertiary/aromatic N) is 3. The van der Waals surface area contributed by atoms with Crippen molar-refractivity contribution < 1.29 is 9.53 Å². The van der Waals surface area contributed by atoms with Crippen molar-refractivity contribution in [2.24, 2.45) is 0 Å². The average molecular weight is 363 g/mol. The summed E-state index contributed by atoms with van der Waals surface area (Å²) < 4.78 is 8.17. The van der Waals surface area contributed by atoms with Crippen molar-refractivity contribution in [3.8, 4) is 5.75 Å². The molecule has 0 saturated carbocycles. The maximum absolute atomic E-state index is 12.7. The van der Waals surface area contributed by atoms with E-state index in [1.165, 1.54) is 0 Å². The van der Waals surface area contributed by atoms with Gasteiger partial charge in [-0.2, -0.15) is 0 Å². The van der Waals surface area contributed by atoms with E-state index in [4.69, 9.17) is 4.74 Å². The van der Waals surface area contributed by atoms with Crippen LogP contribution in [0.3, 0.4) is 0 Å². The lowest BCUT2D eigenvalue weighted by Gasteiger charge is -2.18. The highest BCUT2D eigenvalue weighted by atomic mass is 16.5. The molecular formula is C22H25N3O2. The fourth-order valence-electron chi connectivity index (χ4n) is 3.75. The van der Waals surface area contributed by atoms with Crippen LogP contribution in [0.1, 0.15) is 25.6 Å². The van der Waals surface area contributed by atoms with Gasteiger partial charge in [0.05, 0.1) is 17.6 Å². The molecule has 1 fully saturated rings. The predicted octanol–water partition coefficient (Wildman–Crippen LogP) is 3.67. The Bertz CT molecular complexity index is 920. The summed E-state index contributed by atoms with van der Waals surface area (Å²) in [5, 5.41) is 0. The topological polar surface area (TPSA) is 47.4 Å². The molecular weight excluding hydrogens is 338 g/mol. The standard InChI is InChI=1S/C22H25N3O2/c1-2-21-23-19-10-6-7-11-20(19)25(21)15-13-22(26)24-14-12-18(16-24)27-17-8-4-3-5-9-17/h3-11,18H,2,12-16H2,1H3/t18-/m0/s1. The number of likely N-dealkylation sites (tertiary alicyclic amines) is 1. The van der Waals surface area contributed by atoms with Gasteiger partial charge in [0.2, 0.25) is 5.91 Å². The lowest BCUT2D eigenvalue weighted by Crippen LogP contribution is -2.31. The number of carbonyl (C=O) groups excluding carboxylic acids is 1. The lowest BCUT2D eigenvalue weighted by atomic mass is 10.3. The van der Waals surface area contributed by atoms with Crippen molar-refractivity contribution in [2.45, 2.75) is 38.8 Å². The summed E-state index contributed by atoms with van der Waals surface area (Å²) in [4.78, 5) is 19.3. The highest BCUT2D eigenvalue weighted by Gasteiger charge is 2.27. The summed E-state index contributed by atoms with van der Waals surface area (Å²) in [6.07, 6.45) is 2.32. The van der Waals surface area contributed by atoms with Gasteiger partial charge in [-0.1, -0.05) is 37.3 Å². The highest BCUT2D eigenvalue weighted by Crippen LogP contribution is 2.20. The van der Waals surface area contributed by atoms with Gasteiger partial charge in [0.25, 0.3) is 0 Å². The Kier molecular flexibility index (Phi) is 5.10. The number of para-hydroxylation sites is 3. The van der Waals surface area contributed by atoms with Crippen LogP contribution in [0.2, 0.25) is 0 Å². The van der Waals surface area contributed by atoms with Crippen molar-refractivity contribution in [3.63, 3.8) is 0 Å². The Balaban J connectivity index is 1.36. The second-order valence-corrected chi connectivity index (χ2v) is 6.95. The van der Waals surface area contributed by atoms with Crippen LogP contribution in [0.15, 0.2) is 54.6 Å². The van der Waals surface area contributed by atoms with Crippen molar-refractivity contribution in [2.75, 3.05) is 13.1 Å². The number of amides is 1. The maximum Gasteiger partial charge on any atom is 0.224 e. The molecule has 0 bridgehead atoms. The molecule has 1 atom stereocenters. The SMILES string of the molecule is CCc1nc2ccccc2n1CCC(=O)N1CC[C@H](Oc2ccccc2)C1. The van der Waals surface area contributed by atoms with Crippen molar-refractivity contribution in [1.82, 2.24) is 14.5 Å². The average Bonchev–Trinajstić information content (AvgIpc) is 3.31. The van der Waals surface area contributed by atoms with Crippen LogP contribution in [-0.4, -0.2) is 39.6 Å². The van der Waals surface area contributed by atoms with Gasteiger partial charge in [0, 0.05) is 32.4 Å². The Morgan fingerprint density at radius 3 is 2.74 bits per heavy atom. The number of aryl methyl sites for hydroxylation is 2. The normalized spacial score (nSPS) is 16.8. The molecule has 4 rings (SSSR count). The van der Waals surface area contributed by atoms with E-state index in [1.54, 1.807) is 0 Å². The molecule has 0 aliphatic carbocycles. The number of fused-ring (bicyclic) bond motifs is 1. The quantitative estimate of drug-likeness (QED) is 0.671. The largest absolute Gasteiger partial charge is 0.489 e. The van der Waals surface area contributed by atoms with Gasteiger partial charge in [0.1, 0.15) is 17.7 Å². The minimum atomic E-state index is 0.0802. The summed E-state index contributed by atoms with van der Waals surface area (Å²) in [6, 6.07) is 17.9. The minimum Gasteiger partial charge on any atom is -0.489 e. The number of benzene rings is 2. The van der Waals surface area contributed by atoms with Crippen LogP contribution in [0.4, 0.5) is 0 Å². The molecule has 1 amide bonds. The smallest absolute Gasteiger partial charge is 0.224 e.